The largest absolute Gasteiger partial charge is 0.618 e. The molecule has 1 amide bonds. The van der Waals surface area contributed by atoms with E-state index >= 15 is 0 Å². The Morgan fingerprint density at radius 3 is 2.57 bits per heavy atom. The highest BCUT2D eigenvalue weighted by Gasteiger charge is 2.46. The summed E-state index contributed by atoms with van der Waals surface area (Å²) in [5.41, 5.74) is -0.945. The fourth-order valence-electron chi connectivity index (χ4n) is 2.43. The van der Waals surface area contributed by atoms with Crippen LogP contribution >= 0.6 is 0 Å². The van der Waals surface area contributed by atoms with Gasteiger partial charge in [-0.25, -0.2) is 4.79 Å². The highest BCUT2D eigenvalue weighted by atomic mass is 16.6. The van der Waals surface area contributed by atoms with Gasteiger partial charge in [0.05, 0.1) is 6.61 Å². The lowest BCUT2D eigenvalue weighted by molar-refractivity contribution is -0.357. The topological polar surface area (TPSA) is 64.8 Å². The molecule has 1 fully saturated rings. The Morgan fingerprint density at radius 1 is 1.39 bits per heavy atom. The molecule has 1 aromatic carbocycles. The Hall–Kier alpha value is -2.08. The molecule has 1 heterocycles. The molecule has 1 aromatic rings. The van der Waals surface area contributed by atoms with Crippen molar-refractivity contribution in [3.63, 3.8) is 0 Å². The zero-order valence-electron chi connectivity index (χ0n) is 14.3. The third kappa shape index (κ3) is 4.22. The zero-order chi connectivity index (χ0) is 17.3. The van der Waals surface area contributed by atoms with E-state index in [4.69, 9.17) is 9.47 Å². The van der Waals surface area contributed by atoms with Gasteiger partial charge in [-0.15, -0.1) is 0 Å². The number of carbonyl (C=O) groups is 1. The minimum atomic E-state index is -0.832. The van der Waals surface area contributed by atoms with Crippen molar-refractivity contribution in [2.45, 2.75) is 52.0 Å². The van der Waals surface area contributed by atoms with Crippen LogP contribution in [0.2, 0.25) is 0 Å². The summed E-state index contributed by atoms with van der Waals surface area (Å²) in [6, 6.07) is 8.35. The van der Waals surface area contributed by atoms with Crippen molar-refractivity contribution in [1.29, 1.82) is 0 Å². The summed E-state index contributed by atoms with van der Waals surface area (Å²) in [7, 11) is 0. The smallest absolute Gasteiger partial charge is 0.413 e. The minimum absolute atomic E-state index is 0.248. The number of ether oxygens (including phenoxy) is 2. The number of benzene rings is 1. The monoisotopic (exact) mass is 320 g/mol. The van der Waals surface area contributed by atoms with E-state index in [1.165, 1.54) is 11.1 Å². The summed E-state index contributed by atoms with van der Waals surface area (Å²) in [6.07, 6.45) is 0.941. The molecule has 1 atom stereocenters. The molecular weight excluding hydrogens is 296 g/mol. The van der Waals surface area contributed by atoms with Crippen LogP contribution in [0.25, 0.3) is 0 Å². The molecule has 0 spiro atoms. The number of nitrogens with zero attached hydrogens (tertiary/aromatic N) is 2. The number of hydrogen-bond acceptors (Lipinski definition) is 4. The highest BCUT2D eigenvalue weighted by Crippen LogP contribution is 2.29. The molecule has 0 aliphatic carbocycles. The van der Waals surface area contributed by atoms with Crippen LogP contribution in [-0.4, -0.2) is 45.9 Å². The maximum Gasteiger partial charge on any atom is 0.413 e. The van der Waals surface area contributed by atoms with Gasteiger partial charge in [0.2, 0.25) is 5.69 Å². The Kier molecular flexibility index (Phi) is 4.66. The second-order valence-corrected chi connectivity index (χ2v) is 6.99. The van der Waals surface area contributed by atoms with Gasteiger partial charge in [-0.05, 0) is 34.6 Å². The fraction of sp³-hybridized carbons (Fsp3) is 0.529. The number of rotatable bonds is 2. The summed E-state index contributed by atoms with van der Waals surface area (Å²) < 4.78 is 11.9. The minimum Gasteiger partial charge on any atom is -0.618 e. The van der Waals surface area contributed by atoms with Crippen LogP contribution in [0.3, 0.4) is 0 Å². The molecule has 0 bridgehead atoms. The Labute approximate surface area is 136 Å². The quantitative estimate of drug-likeness (QED) is 0.363. The average Bonchev–Trinajstić information content (AvgIpc) is 2.72. The van der Waals surface area contributed by atoms with Gasteiger partial charge in [0.1, 0.15) is 17.4 Å². The Bertz CT molecular complexity index is 590. The molecule has 0 aromatic heterocycles. The van der Waals surface area contributed by atoms with E-state index in [9.17, 15) is 10.0 Å². The van der Waals surface area contributed by atoms with E-state index in [0.29, 0.717) is 5.69 Å². The lowest BCUT2D eigenvalue weighted by Crippen LogP contribution is -2.50. The zero-order valence-corrected chi connectivity index (χ0v) is 14.3. The van der Waals surface area contributed by atoms with E-state index in [-0.39, 0.29) is 6.61 Å². The summed E-state index contributed by atoms with van der Waals surface area (Å²) in [5, 5.41) is 12.3. The molecule has 126 valence electrons. The van der Waals surface area contributed by atoms with E-state index < -0.39 is 23.5 Å². The molecule has 6 nitrogen and oxygen atoms in total. The van der Waals surface area contributed by atoms with Gasteiger partial charge in [0.25, 0.3) is 0 Å². The van der Waals surface area contributed by atoms with Crippen LogP contribution in [0.15, 0.2) is 30.3 Å². The van der Waals surface area contributed by atoms with Gasteiger partial charge >= 0.3 is 6.09 Å². The van der Waals surface area contributed by atoms with E-state index in [2.05, 4.69) is 0 Å². The normalized spacial score (nSPS) is 21.3. The average molecular weight is 320 g/mol. The SMILES string of the molecule is CC(C)(C)OC(=O)N1C(/C=[N+](\[O-])c2ccccc2)COC1(C)C. The summed E-state index contributed by atoms with van der Waals surface area (Å²) >= 11 is 0. The van der Waals surface area contributed by atoms with Gasteiger partial charge in [-0.1, -0.05) is 18.2 Å². The molecule has 0 saturated carbocycles. The highest BCUT2D eigenvalue weighted by molar-refractivity contribution is 5.76. The number of carbonyl (C=O) groups excluding carboxylic acids is 1. The van der Waals surface area contributed by atoms with Crippen molar-refractivity contribution in [2.24, 2.45) is 0 Å². The van der Waals surface area contributed by atoms with Gasteiger partial charge in [0, 0.05) is 12.1 Å². The van der Waals surface area contributed by atoms with Crippen LogP contribution in [0.1, 0.15) is 34.6 Å². The first-order chi connectivity index (χ1) is 10.6. The van der Waals surface area contributed by atoms with Gasteiger partial charge in [-0.3, -0.25) is 4.90 Å². The van der Waals surface area contributed by atoms with E-state index in [1.807, 2.05) is 6.07 Å². The number of hydrogen-bond donors (Lipinski definition) is 0. The molecule has 0 radical (unpaired) electrons. The Morgan fingerprint density at radius 2 is 2.00 bits per heavy atom. The maximum absolute atomic E-state index is 12.5. The van der Waals surface area contributed by atoms with Crippen molar-refractivity contribution >= 4 is 18.0 Å². The third-order valence-corrected chi connectivity index (χ3v) is 3.43. The van der Waals surface area contributed by atoms with Crippen LogP contribution in [0.5, 0.6) is 0 Å². The first-order valence-electron chi connectivity index (χ1n) is 7.63. The lowest BCUT2D eigenvalue weighted by Gasteiger charge is -2.33. The van der Waals surface area contributed by atoms with Crippen LogP contribution in [-0.2, 0) is 9.47 Å². The van der Waals surface area contributed by atoms with E-state index in [1.54, 1.807) is 58.9 Å². The second kappa shape index (κ2) is 6.20. The van der Waals surface area contributed by atoms with Crippen molar-refractivity contribution in [3.05, 3.63) is 35.5 Å². The van der Waals surface area contributed by atoms with E-state index in [0.717, 1.165) is 4.74 Å². The first kappa shape index (κ1) is 17.3. The van der Waals surface area contributed by atoms with Crippen molar-refractivity contribution in [3.8, 4) is 0 Å². The van der Waals surface area contributed by atoms with Crippen LogP contribution in [0.4, 0.5) is 10.5 Å². The van der Waals surface area contributed by atoms with Crippen molar-refractivity contribution in [1.82, 2.24) is 4.90 Å². The second-order valence-electron chi connectivity index (χ2n) is 6.99. The fourth-order valence-corrected chi connectivity index (χ4v) is 2.43. The first-order valence-corrected chi connectivity index (χ1v) is 7.63. The molecule has 6 heteroatoms. The van der Waals surface area contributed by atoms with Crippen LogP contribution < -0.4 is 0 Å². The number of amides is 1. The van der Waals surface area contributed by atoms with Crippen molar-refractivity contribution < 1.29 is 19.0 Å². The lowest BCUT2D eigenvalue weighted by atomic mass is 10.2. The maximum atomic E-state index is 12.5. The molecule has 0 N–H and O–H groups in total. The third-order valence-electron chi connectivity index (χ3n) is 3.43. The summed E-state index contributed by atoms with van der Waals surface area (Å²) in [6.45, 7) is 9.22. The molecule has 2 rings (SSSR count). The van der Waals surface area contributed by atoms with Crippen LogP contribution in [0, 0.1) is 5.21 Å². The predicted molar refractivity (Wildman–Crippen MR) is 87.7 cm³/mol. The molecule has 1 aliphatic rings. The van der Waals surface area contributed by atoms with Gasteiger partial charge in [0.15, 0.2) is 6.21 Å². The molecule has 1 aliphatic heterocycles. The van der Waals surface area contributed by atoms with Crippen molar-refractivity contribution in [2.75, 3.05) is 6.61 Å². The number of para-hydroxylation sites is 1. The molecule has 23 heavy (non-hydrogen) atoms. The predicted octanol–water partition coefficient (Wildman–Crippen LogP) is 3.27. The molecular formula is C17H24N2O4. The van der Waals surface area contributed by atoms with Gasteiger partial charge < -0.3 is 14.7 Å². The summed E-state index contributed by atoms with van der Waals surface area (Å²) in [4.78, 5) is 14.0. The summed E-state index contributed by atoms with van der Waals surface area (Å²) in [5.74, 6) is 0. The standard InChI is InChI=1S/C17H24N2O4/c1-16(2,3)23-15(20)19-14(12-22-17(19,4)5)11-18(21)13-9-7-6-8-10-13/h6-11,14H,12H2,1-5H3/b18-11-. The Balaban J connectivity index is 2.25. The molecule has 1 unspecified atom stereocenters. The molecule has 1 saturated heterocycles. The van der Waals surface area contributed by atoms with Gasteiger partial charge in [-0.2, -0.15) is 4.74 Å².